The van der Waals surface area contributed by atoms with Crippen molar-refractivity contribution in [2.45, 2.75) is 20.0 Å². The third kappa shape index (κ3) is 4.32. The molecule has 0 spiro atoms. The second-order valence-electron chi connectivity index (χ2n) is 2.14. The second-order valence-corrected chi connectivity index (χ2v) is 2.41. The molecule has 0 aliphatic heterocycles. The van der Waals surface area contributed by atoms with Crippen LogP contribution in [0.2, 0.25) is 0 Å². The Morgan fingerprint density at radius 2 is 2.11 bits per heavy atom. The summed E-state index contributed by atoms with van der Waals surface area (Å²) in [6.07, 6.45) is -0.524. The molecule has 0 aromatic carbocycles. The van der Waals surface area contributed by atoms with E-state index in [9.17, 15) is 0 Å². The van der Waals surface area contributed by atoms with Gasteiger partial charge in [-0.15, -0.1) is 11.6 Å². The van der Waals surface area contributed by atoms with Gasteiger partial charge in [-0.3, -0.25) is 0 Å². The van der Waals surface area contributed by atoms with Crippen LogP contribution in [0.5, 0.6) is 0 Å². The molecule has 1 atom stereocenters. The summed E-state index contributed by atoms with van der Waals surface area (Å²) in [7, 11) is 0. The SMILES string of the molecule is CC(C)C(O)C#CCCl. The molecule has 1 nitrogen and oxygen atoms in total. The minimum Gasteiger partial charge on any atom is -0.380 e. The van der Waals surface area contributed by atoms with E-state index in [1.807, 2.05) is 13.8 Å². The predicted molar refractivity (Wildman–Crippen MR) is 39.3 cm³/mol. The zero-order valence-electron chi connectivity index (χ0n) is 5.69. The highest BCUT2D eigenvalue weighted by molar-refractivity contribution is 6.19. The van der Waals surface area contributed by atoms with Gasteiger partial charge in [-0.05, 0) is 5.92 Å². The van der Waals surface area contributed by atoms with Crippen molar-refractivity contribution in [3.05, 3.63) is 0 Å². The summed E-state index contributed by atoms with van der Waals surface area (Å²) in [5, 5.41) is 9.03. The molecule has 0 aromatic rings. The van der Waals surface area contributed by atoms with Crippen molar-refractivity contribution in [1.82, 2.24) is 0 Å². The number of hydrogen-bond donors (Lipinski definition) is 1. The maximum atomic E-state index is 9.03. The number of aliphatic hydroxyl groups is 1. The van der Waals surface area contributed by atoms with Gasteiger partial charge < -0.3 is 5.11 Å². The molecular formula is C7H11ClO. The first-order valence-electron chi connectivity index (χ1n) is 2.91. The molecule has 9 heavy (non-hydrogen) atoms. The summed E-state index contributed by atoms with van der Waals surface area (Å²) >= 11 is 5.27. The molecule has 0 bridgehead atoms. The summed E-state index contributed by atoms with van der Waals surface area (Å²) in [6, 6.07) is 0. The normalized spacial score (nSPS) is 12.6. The smallest absolute Gasteiger partial charge is 0.117 e. The predicted octanol–water partition coefficient (Wildman–Crippen LogP) is 1.25. The summed E-state index contributed by atoms with van der Waals surface area (Å²) in [5.74, 6) is 5.69. The Morgan fingerprint density at radius 3 is 2.44 bits per heavy atom. The van der Waals surface area contributed by atoms with Crippen LogP contribution in [-0.4, -0.2) is 17.1 Å². The van der Waals surface area contributed by atoms with E-state index in [1.54, 1.807) is 0 Å². The van der Waals surface area contributed by atoms with Crippen molar-refractivity contribution in [2.24, 2.45) is 5.92 Å². The zero-order chi connectivity index (χ0) is 7.28. The van der Waals surface area contributed by atoms with Crippen molar-refractivity contribution >= 4 is 11.6 Å². The van der Waals surface area contributed by atoms with Crippen molar-refractivity contribution in [3.63, 3.8) is 0 Å². The van der Waals surface area contributed by atoms with Crippen LogP contribution in [0.4, 0.5) is 0 Å². The molecule has 0 aromatic heterocycles. The van der Waals surface area contributed by atoms with Gasteiger partial charge >= 0.3 is 0 Å². The minimum atomic E-state index is -0.524. The van der Waals surface area contributed by atoms with Crippen LogP contribution in [0, 0.1) is 17.8 Å². The second kappa shape index (κ2) is 4.67. The molecule has 1 N–H and O–H groups in total. The Morgan fingerprint density at radius 1 is 1.56 bits per heavy atom. The van der Waals surface area contributed by atoms with Gasteiger partial charge in [0.1, 0.15) is 6.10 Å². The zero-order valence-corrected chi connectivity index (χ0v) is 6.44. The van der Waals surface area contributed by atoms with E-state index in [2.05, 4.69) is 11.8 Å². The first-order chi connectivity index (χ1) is 4.18. The molecule has 0 saturated carbocycles. The lowest BCUT2D eigenvalue weighted by molar-refractivity contribution is 0.181. The first-order valence-corrected chi connectivity index (χ1v) is 3.44. The molecule has 0 rings (SSSR count). The Hall–Kier alpha value is -0.190. The van der Waals surface area contributed by atoms with E-state index in [1.165, 1.54) is 0 Å². The number of aliphatic hydroxyl groups excluding tert-OH is 1. The summed E-state index contributed by atoms with van der Waals surface area (Å²) in [5.41, 5.74) is 0. The molecule has 0 amide bonds. The van der Waals surface area contributed by atoms with Gasteiger partial charge in [0.2, 0.25) is 0 Å². The largest absolute Gasteiger partial charge is 0.380 e. The highest BCUT2D eigenvalue weighted by Crippen LogP contribution is 1.97. The van der Waals surface area contributed by atoms with Crippen LogP contribution in [0.25, 0.3) is 0 Å². The topological polar surface area (TPSA) is 20.2 Å². The van der Waals surface area contributed by atoms with Gasteiger partial charge in [-0.1, -0.05) is 25.7 Å². The van der Waals surface area contributed by atoms with Crippen molar-refractivity contribution in [1.29, 1.82) is 0 Å². The monoisotopic (exact) mass is 146 g/mol. The third-order valence-corrected chi connectivity index (χ3v) is 1.08. The van der Waals surface area contributed by atoms with Gasteiger partial charge in [0.15, 0.2) is 0 Å². The van der Waals surface area contributed by atoms with Crippen molar-refractivity contribution in [2.75, 3.05) is 5.88 Å². The first kappa shape index (κ1) is 8.81. The fourth-order valence-electron chi connectivity index (χ4n) is 0.310. The van der Waals surface area contributed by atoms with Crippen LogP contribution < -0.4 is 0 Å². The number of hydrogen-bond acceptors (Lipinski definition) is 1. The number of halogens is 1. The highest BCUT2D eigenvalue weighted by atomic mass is 35.5. The molecule has 0 saturated heterocycles. The molecule has 0 radical (unpaired) electrons. The molecule has 0 fully saturated rings. The van der Waals surface area contributed by atoms with Crippen LogP contribution in [0.3, 0.4) is 0 Å². The van der Waals surface area contributed by atoms with Crippen LogP contribution >= 0.6 is 11.6 Å². The molecule has 52 valence electrons. The summed E-state index contributed by atoms with van der Waals surface area (Å²) in [4.78, 5) is 0. The Labute approximate surface area is 61.0 Å². The van der Waals surface area contributed by atoms with Gasteiger partial charge in [0.25, 0.3) is 0 Å². The van der Waals surface area contributed by atoms with Gasteiger partial charge in [-0.2, -0.15) is 0 Å². The average molecular weight is 147 g/mol. The van der Waals surface area contributed by atoms with Crippen LogP contribution in [0.1, 0.15) is 13.8 Å². The molecule has 1 unspecified atom stereocenters. The molecular weight excluding hydrogens is 136 g/mol. The Balaban J connectivity index is 3.61. The van der Waals surface area contributed by atoms with E-state index >= 15 is 0 Å². The molecule has 0 aliphatic rings. The van der Waals surface area contributed by atoms with Crippen molar-refractivity contribution < 1.29 is 5.11 Å². The maximum absolute atomic E-state index is 9.03. The van der Waals surface area contributed by atoms with Gasteiger partial charge in [0, 0.05) is 0 Å². The van der Waals surface area contributed by atoms with Crippen LogP contribution in [-0.2, 0) is 0 Å². The summed E-state index contributed by atoms with van der Waals surface area (Å²) < 4.78 is 0. The lowest BCUT2D eigenvalue weighted by Gasteiger charge is -2.04. The molecule has 0 aliphatic carbocycles. The van der Waals surface area contributed by atoms with Crippen LogP contribution in [0.15, 0.2) is 0 Å². The summed E-state index contributed by atoms with van der Waals surface area (Å²) in [6.45, 7) is 3.82. The Bertz CT molecular complexity index is 121. The van der Waals surface area contributed by atoms with Crippen molar-refractivity contribution in [3.8, 4) is 11.8 Å². The average Bonchev–Trinajstić information content (AvgIpc) is 1.82. The number of rotatable bonds is 1. The molecule has 2 heteroatoms. The van der Waals surface area contributed by atoms with E-state index in [0.717, 1.165) is 0 Å². The van der Waals surface area contributed by atoms with E-state index in [4.69, 9.17) is 16.7 Å². The lowest BCUT2D eigenvalue weighted by Crippen LogP contribution is -2.11. The molecule has 0 heterocycles. The highest BCUT2D eigenvalue weighted by Gasteiger charge is 2.02. The third-order valence-electron chi connectivity index (χ3n) is 0.948. The fourth-order valence-corrected chi connectivity index (χ4v) is 0.387. The van der Waals surface area contributed by atoms with E-state index in [-0.39, 0.29) is 5.92 Å². The quantitative estimate of drug-likeness (QED) is 0.436. The van der Waals surface area contributed by atoms with Gasteiger partial charge in [0.05, 0.1) is 5.88 Å². The number of alkyl halides is 1. The van der Waals surface area contributed by atoms with Gasteiger partial charge in [-0.25, -0.2) is 0 Å². The van der Waals surface area contributed by atoms with E-state index < -0.39 is 6.10 Å². The Kier molecular flexibility index (Phi) is 4.57. The fraction of sp³-hybridized carbons (Fsp3) is 0.714. The lowest BCUT2D eigenvalue weighted by atomic mass is 10.1. The maximum Gasteiger partial charge on any atom is 0.117 e. The van der Waals surface area contributed by atoms with E-state index in [0.29, 0.717) is 5.88 Å². The standard InChI is InChI=1S/C7H11ClO/c1-6(2)7(9)4-3-5-8/h6-7,9H,5H2,1-2H3. The minimum absolute atomic E-state index is 0.195.